The molecular formula is C17H23NO. The van der Waals surface area contributed by atoms with Crippen molar-refractivity contribution in [3.8, 4) is 0 Å². The number of fused-ring (bicyclic) bond motifs is 1. The minimum atomic E-state index is -0.124. The van der Waals surface area contributed by atoms with Crippen molar-refractivity contribution < 1.29 is 4.79 Å². The highest BCUT2D eigenvalue weighted by Gasteiger charge is 2.75. The van der Waals surface area contributed by atoms with Gasteiger partial charge in [0, 0.05) is 5.69 Å². The molecule has 3 atom stereocenters. The first-order chi connectivity index (χ1) is 8.98. The molecule has 0 heterocycles. The largest absolute Gasteiger partial charge is 0.326 e. The molecule has 1 aromatic rings. The molecule has 19 heavy (non-hydrogen) atoms. The van der Waals surface area contributed by atoms with Crippen molar-refractivity contribution in [3.05, 3.63) is 30.3 Å². The number of hydrogen-bond donors (Lipinski definition) is 1. The van der Waals surface area contributed by atoms with Crippen LogP contribution in [0.1, 0.15) is 40.0 Å². The predicted octanol–water partition coefficient (Wildman–Crippen LogP) is 4.09. The Morgan fingerprint density at radius 2 is 1.89 bits per heavy atom. The minimum absolute atomic E-state index is 0.124. The molecule has 2 aliphatic carbocycles. The van der Waals surface area contributed by atoms with E-state index in [9.17, 15) is 4.79 Å². The number of carbonyl (C=O) groups is 1. The number of carbonyl (C=O) groups excluding carboxylic acids is 1. The van der Waals surface area contributed by atoms with Gasteiger partial charge in [-0.1, -0.05) is 45.4 Å². The van der Waals surface area contributed by atoms with Crippen molar-refractivity contribution in [3.63, 3.8) is 0 Å². The molecule has 2 nitrogen and oxygen atoms in total. The summed E-state index contributed by atoms with van der Waals surface area (Å²) >= 11 is 0. The van der Waals surface area contributed by atoms with Crippen LogP contribution >= 0.6 is 0 Å². The van der Waals surface area contributed by atoms with Gasteiger partial charge in [0.2, 0.25) is 5.91 Å². The van der Waals surface area contributed by atoms with Gasteiger partial charge >= 0.3 is 0 Å². The Morgan fingerprint density at radius 1 is 1.21 bits per heavy atom. The second-order valence-corrected chi connectivity index (χ2v) is 6.95. The number of amides is 1. The molecular weight excluding hydrogens is 234 g/mol. The topological polar surface area (TPSA) is 29.1 Å². The molecule has 1 aromatic carbocycles. The maximum Gasteiger partial charge on any atom is 0.231 e. The molecule has 3 unspecified atom stereocenters. The average Bonchev–Trinajstić information content (AvgIpc) is 2.88. The smallest absolute Gasteiger partial charge is 0.231 e. The van der Waals surface area contributed by atoms with Crippen molar-refractivity contribution in [2.75, 3.05) is 5.32 Å². The van der Waals surface area contributed by atoms with Crippen LogP contribution in [0.3, 0.4) is 0 Å². The van der Waals surface area contributed by atoms with Crippen molar-refractivity contribution in [1.82, 2.24) is 0 Å². The molecule has 102 valence electrons. The number of rotatable bonds is 2. The lowest BCUT2D eigenvalue weighted by atomic mass is 9.80. The second kappa shape index (κ2) is 4.09. The summed E-state index contributed by atoms with van der Waals surface area (Å²) in [6.45, 7) is 6.81. The molecule has 0 aliphatic heterocycles. The van der Waals surface area contributed by atoms with E-state index in [1.165, 1.54) is 12.8 Å². The van der Waals surface area contributed by atoms with Crippen LogP contribution in [-0.2, 0) is 4.79 Å². The summed E-state index contributed by atoms with van der Waals surface area (Å²) in [6, 6.07) is 9.83. The summed E-state index contributed by atoms with van der Waals surface area (Å²) < 4.78 is 0. The van der Waals surface area contributed by atoms with Crippen molar-refractivity contribution in [1.29, 1.82) is 0 Å². The number of anilines is 1. The summed E-state index contributed by atoms with van der Waals surface area (Å²) in [5.41, 5.74) is 0.957. The molecule has 0 aromatic heterocycles. The molecule has 2 fully saturated rings. The fourth-order valence-corrected chi connectivity index (χ4v) is 4.39. The van der Waals surface area contributed by atoms with E-state index in [0.29, 0.717) is 11.8 Å². The summed E-state index contributed by atoms with van der Waals surface area (Å²) in [5.74, 6) is 1.47. The molecule has 2 heteroatoms. The van der Waals surface area contributed by atoms with Gasteiger partial charge in [0.15, 0.2) is 0 Å². The van der Waals surface area contributed by atoms with Gasteiger partial charge in [-0.05, 0) is 42.2 Å². The van der Waals surface area contributed by atoms with Crippen molar-refractivity contribution in [2.24, 2.45) is 22.7 Å². The van der Waals surface area contributed by atoms with E-state index in [4.69, 9.17) is 0 Å². The molecule has 2 aliphatic rings. The Labute approximate surface area is 115 Å². The minimum Gasteiger partial charge on any atom is -0.326 e. The van der Waals surface area contributed by atoms with Crippen LogP contribution in [0.5, 0.6) is 0 Å². The van der Waals surface area contributed by atoms with E-state index in [1.54, 1.807) is 0 Å². The van der Waals surface area contributed by atoms with Crippen LogP contribution < -0.4 is 5.32 Å². The zero-order valence-electron chi connectivity index (χ0n) is 12.1. The van der Waals surface area contributed by atoms with Gasteiger partial charge in [-0.2, -0.15) is 0 Å². The third-order valence-corrected chi connectivity index (χ3v) is 5.59. The van der Waals surface area contributed by atoms with E-state index in [0.717, 1.165) is 12.1 Å². The van der Waals surface area contributed by atoms with Crippen LogP contribution in [0.2, 0.25) is 0 Å². The summed E-state index contributed by atoms with van der Waals surface area (Å²) in [4.78, 5) is 12.8. The van der Waals surface area contributed by atoms with E-state index in [-0.39, 0.29) is 16.7 Å². The summed E-state index contributed by atoms with van der Waals surface area (Å²) in [7, 11) is 0. The Morgan fingerprint density at radius 3 is 2.58 bits per heavy atom. The first-order valence-corrected chi connectivity index (χ1v) is 7.35. The first kappa shape index (κ1) is 12.7. The third kappa shape index (κ3) is 1.73. The zero-order valence-corrected chi connectivity index (χ0v) is 12.1. The molecule has 0 spiro atoms. The number of nitrogens with one attached hydrogen (secondary N) is 1. The van der Waals surface area contributed by atoms with Crippen molar-refractivity contribution >= 4 is 11.6 Å². The Kier molecular flexibility index (Phi) is 2.74. The fourth-order valence-electron chi connectivity index (χ4n) is 4.39. The lowest BCUT2D eigenvalue weighted by Crippen LogP contribution is -2.32. The van der Waals surface area contributed by atoms with E-state index < -0.39 is 0 Å². The lowest BCUT2D eigenvalue weighted by Gasteiger charge is -2.27. The van der Waals surface area contributed by atoms with Gasteiger partial charge in [-0.15, -0.1) is 0 Å². The van der Waals surface area contributed by atoms with Crippen LogP contribution in [0, 0.1) is 22.7 Å². The average molecular weight is 257 g/mol. The maximum atomic E-state index is 12.8. The highest BCUT2D eigenvalue weighted by molar-refractivity contribution is 5.98. The van der Waals surface area contributed by atoms with Crippen LogP contribution in [-0.4, -0.2) is 5.91 Å². The van der Waals surface area contributed by atoms with E-state index in [1.807, 2.05) is 30.3 Å². The fraction of sp³-hybridized carbons (Fsp3) is 0.588. The zero-order chi connectivity index (χ0) is 13.7. The molecule has 0 bridgehead atoms. The van der Waals surface area contributed by atoms with Crippen LogP contribution in [0.15, 0.2) is 30.3 Å². The molecule has 3 rings (SSSR count). The monoisotopic (exact) mass is 257 g/mol. The number of para-hydroxylation sites is 1. The Hall–Kier alpha value is -1.31. The Bertz CT molecular complexity index is 493. The van der Waals surface area contributed by atoms with Crippen LogP contribution in [0.25, 0.3) is 0 Å². The molecule has 0 saturated heterocycles. The lowest BCUT2D eigenvalue weighted by molar-refractivity contribution is -0.123. The summed E-state index contributed by atoms with van der Waals surface area (Å²) in [5, 5.41) is 3.13. The number of benzene rings is 1. The summed E-state index contributed by atoms with van der Waals surface area (Å²) in [6.07, 6.45) is 3.52. The SMILES string of the molecule is CC1CCC2C(C)(C)C2(C(=O)Nc2ccccc2)C1. The quantitative estimate of drug-likeness (QED) is 0.849. The van der Waals surface area contributed by atoms with Gasteiger partial charge in [0.1, 0.15) is 0 Å². The molecule has 2 saturated carbocycles. The van der Waals surface area contributed by atoms with Gasteiger partial charge in [-0.25, -0.2) is 0 Å². The Balaban J connectivity index is 1.83. The maximum absolute atomic E-state index is 12.8. The predicted molar refractivity (Wildman–Crippen MR) is 77.8 cm³/mol. The van der Waals surface area contributed by atoms with Gasteiger partial charge in [0.05, 0.1) is 5.41 Å². The highest BCUT2D eigenvalue weighted by atomic mass is 16.2. The molecule has 0 radical (unpaired) electrons. The molecule has 1 amide bonds. The van der Waals surface area contributed by atoms with E-state index >= 15 is 0 Å². The first-order valence-electron chi connectivity index (χ1n) is 7.35. The highest BCUT2D eigenvalue weighted by Crippen LogP contribution is 2.75. The van der Waals surface area contributed by atoms with Gasteiger partial charge in [-0.3, -0.25) is 4.79 Å². The van der Waals surface area contributed by atoms with Gasteiger partial charge < -0.3 is 5.32 Å². The number of hydrogen-bond acceptors (Lipinski definition) is 1. The van der Waals surface area contributed by atoms with E-state index in [2.05, 4.69) is 26.1 Å². The van der Waals surface area contributed by atoms with Gasteiger partial charge in [0.25, 0.3) is 0 Å². The standard InChI is InChI=1S/C17H23NO/c1-12-9-10-14-16(2,3)17(14,11-12)15(19)18-13-7-5-4-6-8-13/h4-8,12,14H,9-11H2,1-3H3,(H,18,19). The third-order valence-electron chi connectivity index (χ3n) is 5.59. The van der Waals surface area contributed by atoms with Crippen molar-refractivity contribution in [2.45, 2.75) is 40.0 Å². The normalized spacial score (nSPS) is 35.3. The second-order valence-electron chi connectivity index (χ2n) is 6.95. The van der Waals surface area contributed by atoms with Crippen LogP contribution in [0.4, 0.5) is 5.69 Å². The molecule has 1 N–H and O–H groups in total.